The van der Waals surface area contributed by atoms with Gasteiger partial charge in [0.2, 0.25) is 0 Å². The summed E-state index contributed by atoms with van der Waals surface area (Å²) in [6, 6.07) is 15.3. The Morgan fingerprint density at radius 1 is 1.18 bits per heavy atom. The quantitative estimate of drug-likeness (QED) is 0.713. The Morgan fingerprint density at radius 3 is 2.53 bits per heavy atom. The van der Waals surface area contributed by atoms with Gasteiger partial charge >= 0.3 is 0 Å². The molecule has 0 saturated heterocycles. The third kappa shape index (κ3) is 4.07. The molecule has 0 aliphatic heterocycles. The molecule has 2 heteroatoms. The third-order valence-corrected chi connectivity index (χ3v) is 2.45. The maximum atomic E-state index is 4.47. The van der Waals surface area contributed by atoms with Gasteiger partial charge in [-0.2, -0.15) is 0 Å². The monoisotopic (exact) mass is 403 g/mol. The smallest absolute Gasteiger partial charge is 0.0192 e. The average molecular weight is 403 g/mol. The van der Waals surface area contributed by atoms with E-state index in [1.54, 1.807) is 0 Å². The molecule has 1 heterocycles. The van der Waals surface area contributed by atoms with E-state index in [0.29, 0.717) is 5.92 Å². The van der Waals surface area contributed by atoms with Gasteiger partial charge in [-0.3, -0.25) is 0 Å². The summed E-state index contributed by atoms with van der Waals surface area (Å²) in [4.78, 5) is 4.47. The van der Waals surface area contributed by atoms with E-state index in [1.807, 2.05) is 30.5 Å². The summed E-state index contributed by atoms with van der Waals surface area (Å²) >= 11 is 0. The first-order valence-electron chi connectivity index (χ1n) is 5.68. The van der Waals surface area contributed by atoms with Crippen LogP contribution in [0.15, 0.2) is 42.6 Å². The summed E-state index contributed by atoms with van der Waals surface area (Å²) < 4.78 is 0. The van der Waals surface area contributed by atoms with E-state index >= 15 is 0 Å². The molecule has 0 aliphatic carbocycles. The summed E-state index contributed by atoms with van der Waals surface area (Å²) in [7, 11) is 0. The number of rotatable bonds is 3. The SMILES string of the molecule is CC(C)Cc1ccc(-c2[c-]cccc2)nc1.[Ir]. The van der Waals surface area contributed by atoms with Gasteiger partial charge in [-0.25, -0.2) is 0 Å². The first-order chi connectivity index (χ1) is 7.75. The Labute approximate surface area is 117 Å². The standard InChI is InChI=1S/C15H16N.Ir/c1-12(2)10-13-8-9-15(16-11-13)14-6-4-3-5-7-14;/h3-6,8-9,11-12H,10H2,1-2H3;/q-1;. The predicted molar refractivity (Wildman–Crippen MR) is 67.1 cm³/mol. The predicted octanol–water partition coefficient (Wildman–Crippen LogP) is 3.74. The van der Waals surface area contributed by atoms with Gasteiger partial charge in [0.05, 0.1) is 0 Å². The number of benzene rings is 1. The number of pyridine rings is 1. The van der Waals surface area contributed by atoms with Crippen molar-refractivity contribution in [2.75, 3.05) is 0 Å². The van der Waals surface area contributed by atoms with Crippen LogP contribution in [0.1, 0.15) is 19.4 Å². The van der Waals surface area contributed by atoms with Crippen molar-refractivity contribution in [2.45, 2.75) is 20.3 Å². The van der Waals surface area contributed by atoms with Crippen molar-refractivity contribution in [3.63, 3.8) is 0 Å². The molecule has 1 aromatic carbocycles. The second-order valence-corrected chi connectivity index (χ2v) is 4.43. The molecule has 1 radical (unpaired) electrons. The van der Waals surface area contributed by atoms with E-state index in [1.165, 1.54) is 5.56 Å². The average Bonchev–Trinajstić information content (AvgIpc) is 2.30. The number of aromatic nitrogens is 1. The Bertz CT molecular complexity index is 434. The van der Waals surface area contributed by atoms with Crippen LogP contribution in [-0.2, 0) is 26.5 Å². The van der Waals surface area contributed by atoms with E-state index in [0.717, 1.165) is 17.7 Å². The maximum Gasteiger partial charge on any atom is 0.0192 e. The maximum absolute atomic E-state index is 4.47. The molecule has 0 spiro atoms. The molecule has 91 valence electrons. The fourth-order valence-electron chi connectivity index (χ4n) is 1.73. The van der Waals surface area contributed by atoms with E-state index in [4.69, 9.17) is 0 Å². The normalized spacial score (nSPS) is 10.1. The molecule has 0 saturated carbocycles. The topological polar surface area (TPSA) is 12.9 Å². The fourth-order valence-corrected chi connectivity index (χ4v) is 1.73. The van der Waals surface area contributed by atoms with Crippen molar-refractivity contribution in [2.24, 2.45) is 5.92 Å². The summed E-state index contributed by atoms with van der Waals surface area (Å²) in [5, 5.41) is 0. The summed E-state index contributed by atoms with van der Waals surface area (Å²) in [5.41, 5.74) is 3.35. The van der Waals surface area contributed by atoms with Gasteiger partial charge in [0.15, 0.2) is 0 Å². The van der Waals surface area contributed by atoms with Gasteiger partial charge in [0.25, 0.3) is 0 Å². The molecular formula is C15H16IrN-. The molecule has 0 bridgehead atoms. The van der Waals surface area contributed by atoms with Crippen molar-refractivity contribution in [3.05, 3.63) is 54.2 Å². The summed E-state index contributed by atoms with van der Waals surface area (Å²) in [6.45, 7) is 4.44. The molecule has 1 nitrogen and oxygen atoms in total. The fraction of sp³-hybridized carbons (Fsp3) is 0.267. The molecule has 0 aliphatic rings. The first kappa shape index (κ1) is 14.1. The van der Waals surface area contributed by atoms with Crippen LogP contribution in [0.25, 0.3) is 11.3 Å². The van der Waals surface area contributed by atoms with E-state index in [9.17, 15) is 0 Å². The Balaban J connectivity index is 0.00000144. The molecule has 0 fully saturated rings. The van der Waals surface area contributed by atoms with Gasteiger partial charge in [-0.05, 0) is 23.6 Å². The minimum Gasteiger partial charge on any atom is -0.304 e. The summed E-state index contributed by atoms with van der Waals surface area (Å²) in [5.74, 6) is 0.677. The van der Waals surface area contributed by atoms with Crippen molar-refractivity contribution >= 4 is 0 Å². The second kappa shape index (κ2) is 6.68. The molecule has 17 heavy (non-hydrogen) atoms. The number of nitrogens with zero attached hydrogens (tertiary/aromatic N) is 1. The van der Waals surface area contributed by atoms with Crippen molar-refractivity contribution in [1.82, 2.24) is 4.98 Å². The largest absolute Gasteiger partial charge is 0.304 e. The van der Waals surface area contributed by atoms with Gasteiger partial charge in [0, 0.05) is 26.3 Å². The minimum absolute atomic E-state index is 0. The first-order valence-corrected chi connectivity index (χ1v) is 5.68. The zero-order valence-corrected chi connectivity index (χ0v) is 12.5. The molecule has 0 N–H and O–H groups in total. The van der Waals surface area contributed by atoms with E-state index in [2.05, 4.69) is 37.0 Å². The number of hydrogen-bond acceptors (Lipinski definition) is 1. The molecule has 0 atom stereocenters. The van der Waals surface area contributed by atoms with Gasteiger partial charge in [0.1, 0.15) is 0 Å². The zero-order valence-electron chi connectivity index (χ0n) is 10.1. The van der Waals surface area contributed by atoms with Crippen molar-refractivity contribution < 1.29 is 20.1 Å². The van der Waals surface area contributed by atoms with Crippen LogP contribution in [0.3, 0.4) is 0 Å². The van der Waals surface area contributed by atoms with Gasteiger partial charge in [-0.15, -0.1) is 35.9 Å². The van der Waals surface area contributed by atoms with Crippen LogP contribution in [-0.4, -0.2) is 4.98 Å². The molecule has 2 aromatic rings. The van der Waals surface area contributed by atoms with Gasteiger partial charge in [-0.1, -0.05) is 26.0 Å². The van der Waals surface area contributed by atoms with Crippen molar-refractivity contribution in [1.29, 1.82) is 0 Å². The summed E-state index contributed by atoms with van der Waals surface area (Å²) in [6.07, 6.45) is 3.06. The van der Waals surface area contributed by atoms with Crippen LogP contribution in [0.2, 0.25) is 0 Å². The molecular weight excluding hydrogens is 386 g/mol. The van der Waals surface area contributed by atoms with Crippen LogP contribution in [0.5, 0.6) is 0 Å². The van der Waals surface area contributed by atoms with Crippen LogP contribution < -0.4 is 0 Å². The Kier molecular flexibility index (Phi) is 5.53. The minimum atomic E-state index is 0. The second-order valence-electron chi connectivity index (χ2n) is 4.43. The molecule has 0 unspecified atom stereocenters. The molecule has 2 rings (SSSR count). The van der Waals surface area contributed by atoms with Crippen LogP contribution in [0.4, 0.5) is 0 Å². The molecule has 0 amide bonds. The Hall–Kier alpha value is -0.981. The van der Waals surface area contributed by atoms with Crippen LogP contribution >= 0.6 is 0 Å². The van der Waals surface area contributed by atoms with E-state index < -0.39 is 0 Å². The van der Waals surface area contributed by atoms with E-state index in [-0.39, 0.29) is 20.1 Å². The van der Waals surface area contributed by atoms with Crippen LogP contribution in [0, 0.1) is 12.0 Å². The van der Waals surface area contributed by atoms with Gasteiger partial charge < -0.3 is 4.98 Å². The Morgan fingerprint density at radius 2 is 2.00 bits per heavy atom. The van der Waals surface area contributed by atoms with Crippen molar-refractivity contribution in [3.8, 4) is 11.3 Å². The molecule has 1 aromatic heterocycles. The third-order valence-electron chi connectivity index (χ3n) is 2.45. The zero-order chi connectivity index (χ0) is 11.4. The number of hydrogen-bond donors (Lipinski definition) is 0.